The van der Waals surface area contributed by atoms with Gasteiger partial charge >= 0.3 is 0 Å². The van der Waals surface area contributed by atoms with Crippen LogP contribution in [0.25, 0.3) is 11.2 Å². The van der Waals surface area contributed by atoms with Crippen molar-refractivity contribution < 1.29 is 0 Å². The molecule has 142 valence electrons. The fourth-order valence-electron chi connectivity index (χ4n) is 2.80. The van der Waals surface area contributed by atoms with Crippen LogP contribution in [0.2, 0.25) is 15.1 Å². The lowest BCUT2D eigenvalue weighted by Gasteiger charge is -2.10. The van der Waals surface area contributed by atoms with E-state index < -0.39 is 0 Å². The minimum absolute atomic E-state index is 0.338. The highest BCUT2D eigenvalue weighted by atomic mass is 35.5. The molecule has 0 fully saturated rings. The van der Waals surface area contributed by atoms with Crippen LogP contribution in [0.1, 0.15) is 5.56 Å². The first kappa shape index (κ1) is 19.3. The highest BCUT2D eigenvalue weighted by Gasteiger charge is 2.17. The topological polar surface area (TPSA) is 69.6 Å². The van der Waals surface area contributed by atoms with Gasteiger partial charge in [0.2, 0.25) is 0 Å². The lowest BCUT2D eigenvalue weighted by atomic mass is 10.1. The van der Waals surface area contributed by atoms with Gasteiger partial charge in [0.05, 0.1) is 5.02 Å². The Kier molecular flexibility index (Phi) is 5.64. The summed E-state index contributed by atoms with van der Waals surface area (Å²) in [5.41, 5.74) is 8.30. The molecule has 0 atom stereocenters. The highest BCUT2D eigenvalue weighted by Crippen LogP contribution is 2.36. The van der Waals surface area contributed by atoms with E-state index in [0.717, 1.165) is 27.1 Å². The van der Waals surface area contributed by atoms with Crippen molar-refractivity contribution in [2.24, 2.45) is 0 Å². The van der Waals surface area contributed by atoms with Crippen LogP contribution in [-0.4, -0.2) is 19.5 Å². The Morgan fingerprint density at radius 2 is 1.82 bits per heavy atom. The van der Waals surface area contributed by atoms with E-state index in [-0.39, 0.29) is 0 Å². The molecular formula is C19H14Cl3N5S. The van der Waals surface area contributed by atoms with Crippen LogP contribution in [0.15, 0.2) is 58.8 Å². The third-order valence-electron chi connectivity index (χ3n) is 4.18. The predicted molar refractivity (Wildman–Crippen MR) is 115 cm³/mol. The summed E-state index contributed by atoms with van der Waals surface area (Å²) in [5, 5.41) is 2.59. The molecule has 0 saturated heterocycles. The van der Waals surface area contributed by atoms with Crippen molar-refractivity contribution in [2.75, 3.05) is 5.73 Å². The van der Waals surface area contributed by atoms with Gasteiger partial charge in [0.25, 0.3) is 0 Å². The van der Waals surface area contributed by atoms with E-state index in [1.807, 2.05) is 34.9 Å². The van der Waals surface area contributed by atoms with Crippen molar-refractivity contribution in [3.63, 3.8) is 0 Å². The van der Waals surface area contributed by atoms with E-state index in [1.54, 1.807) is 12.1 Å². The summed E-state index contributed by atoms with van der Waals surface area (Å²) in [5.74, 6) is 0.338. The van der Waals surface area contributed by atoms with Gasteiger partial charge in [-0.25, -0.2) is 15.0 Å². The van der Waals surface area contributed by atoms with Crippen molar-refractivity contribution in [1.82, 2.24) is 19.5 Å². The Hall–Kier alpha value is -1.99. The molecule has 2 N–H and O–H groups in total. The molecule has 0 amide bonds. The van der Waals surface area contributed by atoms with Gasteiger partial charge in [0.15, 0.2) is 22.1 Å². The van der Waals surface area contributed by atoms with Crippen molar-refractivity contribution in [1.29, 1.82) is 0 Å². The minimum atomic E-state index is 0.338. The SMILES string of the molecule is Nc1ncnc2c1nc(Sc1ccc(Cl)cc1Cl)n2CCc1ccccc1Cl. The molecule has 0 unspecified atom stereocenters. The largest absolute Gasteiger partial charge is 0.382 e. The van der Waals surface area contributed by atoms with E-state index in [9.17, 15) is 0 Å². The number of anilines is 1. The number of benzene rings is 2. The number of nitrogens with two attached hydrogens (primary N) is 1. The number of halogens is 3. The Balaban J connectivity index is 1.73. The molecule has 2 aromatic carbocycles. The zero-order chi connectivity index (χ0) is 19.7. The maximum absolute atomic E-state index is 6.34. The smallest absolute Gasteiger partial charge is 0.175 e. The van der Waals surface area contributed by atoms with Gasteiger partial charge in [0, 0.05) is 21.5 Å². The van der Waals surface area contributed by atoms with E-state index in [4.69, 9.17) is 40.5 Å². The van der Waals surface area contributed by atoms with Crippen LogP contribution in [0.3, 0.4) is 0 Å². The number of aromatic nitrogens is 4. The zero-order valence-corrected chi connectivity index (χ0v) is 17.5. The third-order valence-corrected chi connectivity index (χ3v) is 6.28. The van der Waals surface area contributed by atoms with Crippen molar-refractivity contribution >= 4 is 63.5 Å². The highest BCUT2D eigenvalue weighted by molar-refractivity contribution is 7.99. The summed E-state index contributed by atoms with van der Waals surface area (Å²) in [6.45, 7) is 0.629. The molecule has 0 radical (unpaired) electrons. The second-order valence-corrected chi connectivity index (χ2v) is 8.26. The van der Waals surface area contributed by atoms with E-state index in [2.05, 4.69) is 15.0 Å². The molecule has 2 heterocycles. The van der Waals surface area contributed by atoms with Crippen molar-refractivity contribution in [2.45, 2.75) is 23.0 Å². The Labute approximate surface area is 180 Å². The molecule has 0 aliphatic carbocycles. The maximum Gasteiger partial charge on any atom is 0.175 e. The van der Waals surface area contributed by atoms with Crippen LogP contribution in [0.4, 0.5) is 5.82 Å². The zero-order valence-electron chi connectivity index (χ0n) is 14.4. The van der Waals surface area contributed by atoms with E-state index in [1.165, 1.54) is 18.1 Å². The van der Waals surface area contributed by atoms with Gasteiger partial charge < -0.3 is 10.3 Å². The standard InChI is InChI=1S/C19H14Cl3N5S/c20-12-5-6-15(14(22)9-12)28-19-26-16-17(23)24-10-25-18(16)27(19)8-7-11-3-1-2-4-13(11)21/h1-6,9-10H,7-8H2,(H2,23,24,25). The molecule has 0 aliphatic heterocycles. The quantitative estimate of drug-likeness (QED) is 0.418. The Morgan fingerprint density at radius 3 is 2.61 bits per heavy atom. The Morgan fingerprint density at radius 1 is 1.00 bits per heavy atom. The lowest BCUT2D eigenvalue weighted by Crippen LogP contribution is -2.05. The molecule has 28 heavy (non-hydrogen) atoms. The fraction of sp³-hybridized carbons (Fsp3) is 0.105. The fourth-order valence-corrected chi connectivity index (χ4v) is 4.47. The molecule has 5 nitrogen and oxygen atoms in total. The van der Waals surface area contributed by atoms with Crippen LogP contribution < -0.4 is 5.73 Å². The van der Waals surface area contributed by atoms with Gasteiger partial charge in [-0.3, -0.25) is 0 Å². The number of aryl methyl sites for hydroxylation is 2. The summed E-state index contributed by atoms with van der Waals surface area (Å²) < 4.78 is 2.01. The molecule has 4 rings (SSSR count). The second-order valence-electron chi connectivity index (χ2n) is 6.00. The maximum atomic E-state index is 6.34. The van der Waals surface area contributed by atoms with Gasteiger partial charge in [-0.1, -0.05) is 64.8 Å². The van der Waals surface area contributed by atoms with Crippen molar-refractivity contribution in [3.05, 3.63) is 69.4 Å². The molecule has 9 heteroatoms. The van der Waals surface area contributed by atoms with Crippen molar-refractivity contribution in [3.8, 4) is 0 Å². The normalized spacial score (nSPS) is 11.2. The number of imidazole rings is 1. The monoisotopic (exact) mass is 449 g/mol. The first-order valence-corrected chi connectivity index (χ1v) is 10.3. The first-order chi connectivity index (χ1) is 13.5. The average Bonchev–Trinajstić information content (AvgIpc) is 3.02. The minimum Gasteiger partial charge on any atom is -0.382 e. The summed E-state index contributed by atoms with van der Waals surface area (Å²) in [6, 6.07) is 13.1. The van der Waals surface area contributed by atoms with Crippen LogP contribution in [-0.2, 0) is 13.0 Å². The predicted octanol–water partition coefficient (Wildman–Crippen LogP) is 5.76. The van der Waals surface area contributed by atoms with Gasteiger partial charge in [0.1, 0.15) is 6.33 Å². The molecule has 0 spiro atoms. The number of fused-ring (bicyclic) bond motifs is 1. The first-order valence-electron chi connectivity index (χ1n) is 8.36. The van der Waals surface area contributed by atoms with E-state index in [0.29, 0.717) is 33.6 Å². The lowest BCUT2D eigenvalue weighted by molar-refractivity contribution is 0.647. The number of rotatable bonds is 5. The number of nitrogen functional groups attached to an aromatic ring is 1. The van der Waals surface area contributed by atoms with Crippen LogP contribution in [0.5, 0.6) is 0 Å². The molecule has 2 aromatic heterocycles. The third kappa shape index (κ3) is 3.91. The van der Waals surface area contributed by atoms with Crippen LogP contribution >= 0.6 is 46.6 Å². The van der Waals surface area contributed by atoms with E-state index >= 15 is 0 Å². The Bertz CT molecular complexity index is 1160. The summed E-state index contributed by atoms with van der Waals surface area (Å²) in [4.78, 5) is 13.9. The summed E-state index contributed by atoms with van der Waals surface area (Å²) in [6.07, 6.45) is 2.16. The number of nitrogens with zero attached hydrogens (tertiary/aromatic N) is 4. The molecule has 0 saturated carbocycles. The molecule has 4 aromatic rings. The molecular weight excluding hydrogens is 437 g/mol. The van der Waals surface area contributed by atoms with Gasteiger partial charge in [-0.05, 0) is 36.2 Å². The number of hydrogen-bond donors (Lipinski definition) is 1. The summed E-state index contributed by atoms with van der Waals surface area (Å²) >= 11 is 20.1. The summed E-state index contributed by atoms with van der Waals surface area (Å²) in [7, 11) is 0. The molecule has 0 aliphatic rings. The van der Waals surface area contributed by atoms with Gasteiger partial charge in [-0.15, -0.1) is 0 Å². The van der Waals surface area contributed by atoms with Gasteiger partial charge in [-0.2, -0.15) is 0 Å². The average molecular weight is 451 g/mol. The second kappa shape index (κ2) is 8.17. The number of hydrogen-bond acceptors (Lipinski definition) is 5. The molecule has 0 bridgehead atoms. The van der Waals surface area contributed by atoms with Crippen LogP contribution in [0, 0.1) is 0 Å².